The van der Waals surface area contributed by atoms with E-state index in [1.807, 2.05) is 24.3 Å². The van der Waals surface area contributed by atoms with Gasteiger partial charge in [-0.25, -0.2) is 13.4 Å². The Kier molecular flexibility index (Phi) is 2.45. The van der Waals surface area contributed by atoms with Gasteiger partial charge in [-0.05, 0) is 12.1 Å². The summed E-state index contributed by atoms with van der Waals surface area (Å²) in [7, 11) is -2.96. The van der Waals surface area contributed by atoms with Gasteiger partial charge in [-0.2, -0.15) is 0 Å². The molecule has 17 heavy (non-hydrogen) atoms. The van der Waals surface area contributed by atoms with Gasteiger partial charge in [0.2, 0.25) is 0 Å². The van der Waals surface area contributed by atoms with Crippen molar-refractivity contribution in [3.63, 3.8) is 0 Å². The van der Waals surface area contributed by atoms with E-state index in [0.717, 1.165) is 21.9 Å². The van der Waals surface area contributed by atoms with Crippen LogP contribution in [0.5, 0.6) is 0 Å². The molecule has 0 spiro atoms. The number of para-hydroxylation sites is 2. The van der Waals surface area contributed by atoms with Crippen molar-refractivity contribution in [3.05, 3.63) is 24.3 Å². The summed E-state index contributed by atoms with van der Waals surface area (Å²) in [6, 6.07) is 7.86. The van der Waals surface area contributed by atoms with Gasteiger partial charge in [0.15, 0.2) is 5.16 Å². The van der Waals surface area contributed by atoms with Crippen molar-refractivity contribution >= 4 is 32.6 Å². The topological polar surface area (TPSA) is 52.0 Å². The number of benzene rings is 1. The van der Waals surface area contributed by atoms with E-state index in [4.69, 9.17) is 0 Å². The van der Waals surface area contributed by atoms with E-state index in [1.54, 1.807) is 11.8 Å². The van der Waals surface area contributed by atoms with Crippen LogP contribution in [-0.4, -0.2) is 35.7 Å². The first-order valence-corrected chi connectivity index (χ1v) is 8.37. The molecule has 1 aliphatic rings. The molecule has 2 heterocycles. The van der Waals surface area contributed by atoms with Gasteiger partial charge in [0.1, 0.15) is 9.84 Å². The van der Waals surface area contributed by atoms with Crippen molar-refractivity contribution in [1.82, 2.24) is 9.55 Å². The molecule has 3 rings (SSSR count). The molecule has 0 N–H and O–H groups in total. The van der Waals surface area contributed by atoms with E-state index < -0.39 is 9.84 Å². The second-order valence-electron chi connectivity index (χ2n) is 4.31. The highest BCUT2D eigenvalue weighted by atomic mass is 32.2. The molecule has 0 bridgehead atoms. The van der Waals surface area contributed by atoms with Gasteiger partial charge in [-0.15, -0.1) is 0 Å². The number of hydrogen-bond acceptors (Lipinski definition) is 4. The lowest BCUT2D eigenvalue weighted by Crippen LogP contribution is -2.17. The number of aromatic nitrogens is 2. The Balaban J connectivity index is 2.12. The number of sulfone groups is 1. The van der Waals surface area contributed by atoms with Crippen LogP contribution in [0.1, 0.15) is 6.04 Å². The number of hydrogen-bond donors (Lipinski definition) is 0. The molecule has 0 saturated carbocycles. The minimum absolute atomic E-state index is 0.0115. The fourth-order valence-electron chi connectivity index (χ4n) is 2.19. The molecule has 1 aromatic heterocycles. The van der Waals surface area contributed by atoms with Gasteiger partial charge in [0.05, 0.1) is 22.8 Å². The highest BCUT2D eigenvalue weighted by Crippen LogP contribution is 2.37. The number of nitrogens with zero attached hydrogens (tertiary/aromatic N) is 2. The summed E-state index contributed by atoms with van der Waals surface area (Å²) in [5.41, 5.74) is 1.97. The first-order valence-electron chi connectivity index (χ1n) is 5.32. The van der Waals surface area contributed by atoms with Gasteiger partial charge in [-0.3, -0.25) is 0 Å². The van der Waals surface area contributed by atoms with Crippen LogP contribution in [0.15, 0.2) is 29.4 Å². The minimum Gasteiger partial charge on any atom is -0.314 e. The van der Waals surface area contributed by atoms with Gasteiger partial charge in [0, 0.05) is 12.0 Å². The average molecular weight is 268 g/mol. The van der Waals surface area contributed by atoms with Crippen LogP contribution < -0.4 is 0 Å². The molecular formula is C11H12N2O2S2. The first-order chi connectivity index (χ1) is 8.04. The van der Waals surface area contributed by atoms with Crippen molar-refractivity contribution in [2.45, 2.75) is 11.2 Å². The third-order valence-corrected chi connectivity index (χ3v) is 4.92. The Bertz CT molecular complexity index is 676. The molecule has 0 unspecified atom stereocenters. The van der Waals surface area contributed by atoms with E-state index in [-0.39, 0.29) is 11.8 Å². The smallest absolute Gasteiger partial charge is 0.169 e. The van der Waals surface area contributed by atoms with Crippen molar-refractivity contribution < 1.29 is 8.42 Å². The summed E-state index contributed by atoms with van der Waals surface area (Å²) < 4.78 is 24.9. The third kappa shape index (κ3) is 1.95. The molecular weight excluding hydrogens is 256 g/mol. The zero-order valence-corrected chi connectivity index (χ0v) is 11.0. The lowest BCUT2D eigenvalue weighted by molar-refractivity contribution is 0.563. The normalized spacial score (nSPS) is 19.7. The molecule has 90 valence electrons. The predicted octanol–water partition coefficient (Wildman–Crippen LogP) is 1.73. The van der Waals surface area contributed by atoms with Gasteiger partial charge in [0.25, 0.3) is 0 Å². The monoisotopic (exact) mass is 268 g/mol. The van der Waals surface area contributed by atoms with E-state index >= 15 is 0 Å². The van der Waals surface area contributed by atoms with E-state index in [9.17, 15) is 8.42 Å². The average Bonchev–Trinajstić information content (AvgIpc) is 2.76. The summed E-state index contributed by atoms with van der Waals surface area (Å²) in [5.74, 6) is 0.980. The van der Waals surface area contributed by atoms with Crippen molar-refractivity contribution in [1.29, 1.82) is 0 Å². The Morgan fingerprint density at radius 2 is 2.24 bits per heavy atom. The second-order valence-corrected chi connectivity index (χ2v) is 7.48. The van der Waals surface area contributed by atoms with Crippen LogP contribution in [0.3, 0.4) is 0 Å². The SMILES string of the molecule is CS(=O)(=O)C[C@@H]1CSc2nc3ccccc3n21. The Hall–Kier alpha value is -1.01. The molecule has 1 atom stereocenters. The number of imidazole rings is 1. The van der Waals surface area contributed by atoms with Crippen molar-refractivity contribution in [2.75, 3.05) is 17.8 Å². The Morgan fingerprint density at radius 3 is 3.00 bits per heavy atom. The summed E-state index contributed by atoms with van der Waals surface area (Å²) >= 11 is 1.63. The number of fused-ring (bicyclic) bond motifs is 3. The summed E-state index contributed by atoms with van der Waals surface area (Å²) in [6.45, 7) is 0. The number of rotatable bonds is 2. The lowest BCUT2D eigenvalue weighted by atomic mass is 10.3. The van der Waals surface area contributed by atoms with Gasteiger partial charge >= 0.3 is 0 Å². The maximum Gasteiger partial charge on any atom is 0.169 e. The quantitative estimate of drug-likeness (QED) is 0.832. The largest absolute Gasteiger partial charge is 0.314 e. The summed E-state index contributed by atoms with van der Waals surface area (Å²) in [6.07, 6.45) is 1.29. The molecule has 2 aromatic rings. The predicted molar refractivity (Wildman–Crippen MR) is 69.2 cm³/mol. The Labute approximate surface area is 104 Å². The maximum absolute atomic E-state index is 11.4. The fraction of sp³-hybridized carbons (Fsp3) is 0.364. The van der Waals surface area contributed by atoms with E-state index in [1.165, 1.54) is 6.26 Å². The Morgan fingerprint density at radius 1 is 1.47 bits per heavy atom. The molecule has 0 fully saturated rings. The summed E-state index contributed by atoms with van der Waals surface area (Å²) in [4.78, 5) is 4.50. The molecule has 0 amide bonds. The van der Waals surface area contributed by atoms with Crippen molar-refractivity contribution in [2.24, 2.45) is 0 Å². The van der Waals surface area contributed by atoms with E-state index in [2.05, 4.69) is 9.55 Å². The zero-order chi connectivity index (χ0) is 12.0. The highest BCUT2D eigenvalue weighted by Gasteiger charge is 2.28. The van der Waals surface area contributed by atoms with Gasteiger partial charge in [-0.1, -0.05) is 23.9 Å². The third-order valence-electron chi connectivity index (χ3n) is 2.83. The van der Waals surface area contributed by atoms with Crippen LogP contribution >= 0.6 is 11.8 Å². The van der Waals surface area contributed by atoms with E-state index in [0.29, 0.717) is 0 Å². The fourth-order valence-corrected chi connectivity index (χ4v) is 4.47. The zero-order valence-electron chi connectivity index (χ0n) is 9.33. The standard InChI is InChI=1S/C11H12N2O2S2/c1-17(14,15)7-8-6-16-11-12-9-4-2-3-5-10(9)13(8)11/h2-5,8H,6-7H2,1H3/t8-/m0/s1. The maximum atomic E-state index is 11.4. The van der Waals surface area contributed by atoms with Crippen LogP contribution in [0.4, 0.5) is 0 Å². The molecule has 0 aliphatic carbocycles. The summed E-state index contributed by atoms with van der Waals surface area (Å²) in [5, 5.41) is 0.930. The second kappa shape index (κ2) is 3.74. The molecule has 1 aromatic carbocycles. The molecule has 0 saturated heterocycles. The minimum atomic E-state index is -2.96. The van der Waals surface area contributed by atoms with Gasteiger partial charge < -0.3 is 4.57 Å². The molecule has 1 aliphatic heterocycles. The van der Waals surface area contributed by atoms with Crippen LogP contribution in [0.2, 0.25) is 0 Å². The highest BCUT2D eigenvalue weighted by molar-refractivity contribution is 7.99. The molecule has 0 radical (unpaired) electrons. The lowest BCUT2D eigenvalue weighted by Gasteiger charge is -2.11. The van der Waals surface area contributed by atoms with Crippen LogP contribution in [0, 0.1) is 0 Å². The van der Waals surface area contributed by atoms with Crippen LogP contribution in [0.25, 0.3) is 11.0 Å². The first kappa shape index (κ1) is 11.1. The number of thioether (sulfide) groups is 1. The molecule has 6 heteroatoms. The van der Waals surface area contributed by atoms with Crippen LogP contribution in [-0.2, 0) is 9.84 Å². The van der Waals surface area contributed by atoms with Crippen molar-refractivity contribution in [3.8, 4) is 0 Å². The molecule has 4 nitrogen and oxygen atoms in total.